The van der Waals surface area contributed by atoms with E-state index in [1.807, 2.05) is 48.5 Å². The van der Waals surface area contributed by atoms with Crippen molar-refractivity contribution in [3.8, 4) is 5.75 Å². The first-order valence-electron chi connectivity index (χ1n) is 10.1. The van der Waals surface area contributed by atoms with Crippen LogP contribution >= 0.6 is 11.8 Å². The second-order valence-electron chi connectivity index (χ2n) is 7.55. The Morgan fingerprint density at radius 2 is 1.79 bits per heavy atom. The van der Waals surface area contributed by atoms with Crippen molar-refractivity contribution in [2.24, 2.45) is 5.92 Å². The third-order valence-corrected chi connectivity index (χ3v) is 6.86. The number of nitrogens with one attached hydrogen (secondary N) is 1. The van der Waals surface area contributed by atoms with Crippen molar-refractivity contribution in [2.45, 2.75) is 37.5 Å². The number of hydrogen-bond donors (Lipinski definition) is 1. The number of ether oxygens (including phenoxy) is 1. The molecule has 5 nitrogen and oxygen atoms in total. The van der Waals surface area contributed by atoms with Crippen LogP contribution in [0.3, 0.4) is 0 Å². The summed E-state index contributed by atoms with van der Waals surface area (Å²) in [5, 5.41) is 2.94. The zero-order valence-electron chi connectivity index (χ0n) is 16.6. The van der Waals surface area contributed by atoms with Crippen molar-refractivity contribution in [2.75, 3.05) is 23.1 Å². The Hall–Kier alpha value is -2.47. The number of benzene rings is 2. The van der Waals surface area contributed by atoms with Crippen LogP contribution in [0.1, 0.15) is 43.0 Å². The van der Waals surface area contributed by atoms with Crippen molar-refractivity contribution in [3.05, 3.63) is 54.1 Å². The van der Waals surface area contributed by atoms with E-state index in [4.69, 9.17) is 4.74 Å². The van der Waals surface area contributed by atoms with E-state index in [-0.39, 0.29) is 23.1 Å². The first-order valence-corrected chi connectivity index (χ1v) is 11.2. The molecule has 1 saturated carbocycles. The number of methoxy groups -OCH3 is 1. The van der Waals surface area contributed by atoms with Gasteiger partial charge in [0.05, 0.1) is 18.6 Å². The second kappa shape index (κ2) is 8.91. The van der Waals surface area contributed by atoms with Crippen LogP contribution in [-0.4, -0.2) is 24.7 Å². The number of thioether (sulfide) groups is 1. The van der Waals surface area contributed by atoms with Crippen molar-refractivity contribution in [3.63, 3.8) is 0 Å². The van der Waals surface area contributed by atoms with Gasteiger partial charge in [0.15, 0.2) is 0 Å². The Morgan fingerprint density at radius 1 is 1.07 bits per heavy atom. The number of carbonyl (C=O) groups is 2. The molecule has 2 fully saturated rings. The van der Waals surface area contributed by atoms with Crippen molar-refractivity contribution in [1.82, 2.24) is 0 Å². The molecule has 1 N–H and O–H groups in total. The summed E-state index contributed by atoms with van der Waals surface area (Å²) < 4.78 is 5.46. The van der Waals surface area contributed by atoms with E-state index >= 15 is 0 Å². The van der Waals surface area contributed by atoms with Gasteiger partial charge in [-0.2, -0.15) is 0 Å². The van der Waals surface area contributed by atoms with Gasteiger partial charge >= 0.3 is 0 Å². The summed E-state index contributed by atoms with van der Waals surface area (Å²) >= 11 is 1.60. The van der Waals surface area contributed by atoms with E-state index < -0.39 is 0 Å². The standard InChI is InChI=1S/C23H26N2O3S/c1-28-20-10-6-5-9-19(20)25-21(26)15-29-23(25)17-11-13-18(14-12-17)24-22(27)16-7-3-2-4-8-16/h5-6,9-14,16,23H,2-4,7-8,15H2,1H3,(H,24,27)/t23-/m1/s1. The molecular formula is C23H26N2O3S. The molecule has 0 unspecified atom stereocenters. The maximum Gasteiger partial charge on any atom is 0.238 e. The maximum absolute atomic E-state index is 12.6. The summed E-state index contributed by atoms with van der Waals surface area (Å²) in [5.41, 5.74) is 2.62. The molecule has 0 aromatic heterocycles. The predicted molar refractivity (Wildman–Crippen MR) is 117 cm³/mol. The topological polar surface area (TPSA) is 58.6 Å². The molecule has 1 aliphatic carbocycles. The first kappa shape index (κ1) is 19.8. The number of hydrogen-bond acceptors (Lipinski definition) is 4. The van der Waals surface area contributed by atoms with Gasteiger partial charge in [-0.3, -0.25) is 14.5 Å². The molecule has 0 radical (unpaired) electrons. The maximum atomic E-state index is 12.6. The fraction of sp³-hybridized carbons (Fsp3) is 0.391. The molecule has 6 heteroatoms. The fourth-order valence-corrected chi connectivity index (χ4v) is 5.27. The molecule has 29 heavy (non-hydrogen) atoms. The monoisotopic (exact) mass is 410 g/mol. The van der Waals surface area contributed by atoms with Crippen LogP contribution < -0.4 is 15.0 Å². The molecule has 152 valence electrons. The van der Waals surface area contributed by atoms with Crippen molar-refractivity contribution in [1.29, 1.82) is 0 Å². The average molecular weight is 411 g/mol. The third-order valence-electron chi connectivity index (χ3n) is 5.65. The summed E-state index contributed by atoms with van der Waals surface area (Å²) in [6.45, 7) is 0. The van der Waals surface area contributed by atoms with Crippen LogP contribution in [0.4, 0.5) is 11.4 Å². The molecule has 1 saturated heterocycles. The summed E-state index contributed by atoms with van der Waals surface area (Å²) in [7, 11) is 1.62. The lowest BCUT2D eigenvalue weighted by Gasteiger charge is -2.26. The minimum atomic E-state index is -0.109. The van der Waals surface area contributed by atoms with Gasteiger partial charge in [0.2, 0.25) is 11.8 Å². The van der Waals surface area contributed by atoms with E-state index in [1.165, 1.54) is 6.42 Å². The zero-order chi connectivity index (χ0) is 20.2. The lowest BCUT2D eigenvalue weighted by molar-refractivity contribution is -0.120. The lowest BCUT2D eigenvalue weighted by atomic mass is 9.88. The normalized spacial score (nSPS) is 20.0. The summed E-state index contributed by atoms with van der Waals surface area (Å²) in [4.78, 5) is 26.9. The van der Waals surface area contributed by atoms with Gasteiger partial charge in [-0.1, -0.05) is 43.5 Å². The molecule has 4 rings (SSSR count). The molecular weight excluding hydrogens is 384 g/mol. The summed E-state index contributed by atoms with van der Waals surface area (Å²) in [5.74, 6) is 1.44. The Labute approximate surface area is 175 Å². The molecule has 0 bridgehead atoms. The Bertz CT molecular complexity index is 878. The molecule has 2 aromatic rings. The molecule has 2 amide bonds. The highest BCUT2D eigenvalue weighted by molar-refractivity contribution is 8.00. The van der Waals surface area contributed by atoms with Gasteiger partial charge in [-0.05, 0) is 42.7 Å². The fourth-order valence-electron chi connectivity index (χ4n) is 4.10. The van der Waals surface area contributed by atoms with E-state index in [9.17, 15) is 9.59 Å². The van der Waals surface area contributed by atoms with Gasteiger partial charge in [-0.15, -0.1) is 11.8 Å². The van der Waals surface area contributed by atoms with E-state index in [1.54, 1.807) is 23.8 Å². The number of nitrogens with zero attached hydrogens (tertiary/aromatic N) is 1. The van der Waals surface area contributed by atoms with Crippen LogP contribution in [0.15, 0.2) is 48.5 Å². The van der Waals surface area contributed by atoms with Crippen LogP contribution in [0, 0.1) is 5.92 Å². The minimum Gasteiger partial charge on any atom is -0.495 e. The smallest absolute Gasteiger partial charge is 0.238 e. The van der Waals surface area contributed by atoms with Gasteiger partial charge in [-0.25, -0.2) is 0 Å². The molecule has 2 aliphatic rings. The molecule has 1 aliphatic heterocycles. The predicted octanol–water partition coefficient (Wildman–Crippen LogP) is 4.99. The lowest BCUT2D eigenvalue weighted by Crippen LogP contribution is -2.28. The Kier molecular flexibility index (Phi) is 6.09. The number of amides is 2. The highest BCUT2D eigenvalue weighted by Gasteiger charge is 2.35. The summed E-state index contributed by atoms with van der Waals surface area (Å²) in [6.07, 6.45) is 5.49. The molecule has 0 spiro atoms. The van der Waals surface area contributed by atoms with Crippen molar-refractivity contribution >= 4 is 35.0 Å². The SMILES string of the molecule is COc1ccccc1N1C(=O)CS[C@@H]1c1ccc(NC(=O)C2CCCCC2)cc1. The van der Waals surface area contributed by atoms with Gasteiger partial charge < -0.3 is 10.1 Å². The van der Waals surface area contributed by atoms with E-state index in [0.29, 0.717) is 11.5 Å². The van der Waals surface area contributed by atoms with Gasteiger partial charge in [0, 0.05) is 11.6 Å². The zero-order valence-corrected chi connectivity index (χ0v) is 17.4. The Morgan fingerprint density at radius 3 is 2.52 bits per heavy atom. The second-order valence-corrected chi connectivity index (χ2v) is 8.61. The first-order chi connectivity index (χ1) is 14.2. The van der Waals surface area contributed by atoms with Gasteiger partial charge in [0.25, 0.3) is 0 Å². The number of rotatable bonds is 5. The minimum absolute atomic E-state index is 0.0687. The van der Waals surface area contributed by atoms with E-state index in [0.717, 1.165) is 42.6 Å². The number of carbonyl (C=O) groups excluding carboxylic acids is 2. The molecule has 2 aromatic carbocycles. The summed E-state index contributed by atoms with van der Waals surface area (Å²) in [6, 6.07) is 15.4. The number of para-hydroxylation sites is 2. The van der Waals surface area contributed by atoms with Crippen molar-refractivity contribution < 1.29 is 14.3 Å². The highest BCUT2D eigenvalue weighted by atomic mass is 32.2. The van der Waals surface area contributed by atoms with E-state index in [2.05, 4.69) is 5.32 Å². The van der Waals surface area contributed by atoms with Crippen LogP contribution in [0.25, 0.3) is 0 Å². The molecule has 1 atom stereocenters. The van der Waals surface area contributed by atoms with Crippen LogP contribution in [0.2, 0.25) is 0 Å². The largest absolute Gasteiger partial charge is 0.495 e. The third kappa shape index (κ3) is 4.27. The number of anilines is 2. The average Bonchev–Trinajstić information content (AvgIpc) is 3.16. The quantitative estimate of drug-likeness (QED) is 0.754. The van der Waals surface area contributed by atoms with Gasteiger partial charge in [0.1, 0.15) is 11.1 Å². The molecule has 1 heterocycles. The van der Waals surface area contributed by atoms with Crippen LogP contribution in [-0.2, 0) is 9.59 Å². The van der Waals surface area contributed by atoms with Crippen LogP contribution in [0.5, 0.6) is 5.75 Å². The highest BCUT2D eigenvalue weighted by Crippen LogP contribution is 2.44. The Balaban J connectivity index is 1.50.